The number of hydrogen-bond donors (Lipinski definition) is 0. The van der Waals surface area contributed by atoms with Gasteiger partial charge in [-0.25, -0.2) is 9.18 Å². The predicted octanol–water partition coefficient (Wildman–Crippen LogP) is 4.61. The molecule has 0 aliphatic heterocycles. The zero-order valence-electron chi connectivity index (χ0n) is 11.0. The van der Waals surface area contributed by atoms with E-state index >= 15 is 0 Å². The maximum absolute atomic E-state index is 13.6. The Balaban J connectivity index is 2.16. The lowest BCUT2D eigenvalue weighted by Crippen LogP contribution is -2.03. The highest BCUT2D eigenvalue weighted by molar-refractivity contribution is 9.10. The maximum Gasteiger partial charge on any atom is 0.337 e. The summed E-state index contributed by atoms with van der Waals surface area (Å²) in [6.45, 7) is 0.114. The molecule has 0 N–H and O–H groups in total. The molecule has 0 amide bonds. The summed E-state index contributed by atoms with van der Waals surface area (Å²) < 4.78 is 24.3. The fourth-order valence-corrected chi connectivity index (χ4v) is 2.39. The van der Waals surface area contributed by atoms with E-state index in [1.165, 1.54) is 19.2 Å². The van der Waals surface area contributed by atoms with Gasteiger partial charge in [0.15, 0.2) is 11.6 Å². The van der Waals surface area contributed by atoms with Crippen molar-refractivity contribution in [3.63, 3.8) is 0 Å². The Bertz CT molecular complexity index is 656. The van der Waals surface area contributed by atoms with E-state index in [4.69, 9.17) is 16.3 Å². The molecule has 0 saturated carbocycles. The Morgan fingerprint density at radius 1 is 1.33 bits per heavy atom. The van der Waals surface area contributed by atoms with E-state index < -0.39 is 11.8 Å². The van der Waals surface area contributed by atoms with Gasteiger partial charge in [-0.15, -0.1) is 0 Å². The highest BCUT2D eigenvalue weighted by atomic mass is 79.9. The Morgan fingerprint density at radius 3 is 2.71 bits per heavy atom. The van der Waals surface area contributed by atoms with Gasteiger partial charge in [0.05, 0.1) is 17.7 Å². The molecule has 2 aromatic carbocycles. The summed E-state index contributed by atoms with van der Waals surface area (Å²) in [5, 5.41) is 0.206. The first-order valence-electron chi connectivity index (χ1n) is 5.96. The number of esters is 1. The molecule has 0 heterocycles. The third-order valence-electron chi connectivity index (χ3n) is 2.77. The molecule has 0 fully saturated rings. The van der Waals surface area contributed by atoms with Crippen LogP contribution in [0.15, 0.2) is 40.9 Å². The first kappa shape index (κ1) is 15.8. The van der Waals surface area contributed by atoms with Crippen LogP contribution in [-0.4, -0.2) is 13.1 Å². The Hall–Kier alpha value is -1.59. The van der Waals surface area contributed by atoms with E-state index in [0.29, 0.717) is 10.0 Å². The summed E-state index contributed by atoms with van der Waals surface area (Å²) in [7, 11) is 1.31. The lowest BCUT2D eigenvalue weighted by Gasteiger charge is -2.11. The minimum atomic E-state index is -0.523. The van der Waals surface area contributed by atoms with Gasteiger partial charge in [0, 0.05) is 10.0 Å². The molecule has 0 aliphatic rings. The molecule has 0 aliphatic carbocycles. The van der Waals surface area contributed by atoms with Gasteiger partial charge in [-0.1, -0.05) is 39.7 Å². The fraction of sp³-hybridized carbons (Fsp3) is 0.133. The lowest BCUT2D eigenvalue weighted by atomic mass is 10.1. The van der Waals surface area contributed by atoms with E-state index in [1.54, 1.807) is 24.3 Å². The van der Waals surface area contributed by atoms with Crippen molar-refractivity contribution in [2.75, 3.05) is 7.11 Å². The number of halogens is 3. The van der Waals surface area contributed by atoms with Crippen LogP contribution in [0.2, 0.25) is 5.02 Å². The average molecular weight is 374 g/mol. The molecule has 0 aromatic heterocycles. The second-order valence-electron chi connectivity index (χ2n) is 4.14. The molecule has 0 bridgehead atoms. The molecular formula is C15H11BrClFO3. The smallest absolute Gasteiger partial charge is 0.337 e. The van der Waals surface area contributed by atoms with Gasteiger partial charge >= 0.3 is 5.97 Å². The zero-order valence-corrected chi connectivity index (χ0v) is 13.4. The van der Waals surface area contributed by atoms with E-state index in [-0.39, 0.29) is 17.4 Å². The van der Waals surface area contributed by atoms with Crippen LogP contribution >= 0.6 is 27.5 Å². The number of benzene rings is 2. The standard InChI is InChI=1S/C15H11BrClFO3/c1-20-15(19)9-5-6-10(11(16)7-9)8-21-14-12(17)3-2-4-13(14)18/h2-7H,8H2,1H3. The number of methoxy groups -OCH3 is 1. The van der Waals surface area contributed by atoms with E-state index in [1.807, 2.05) is 0 Å². The quantitative estimate of drug-likeness (QED) is 0.734. The third-order valence-corrected chi connectivity index (χ3v) is 3.80. The number of carbonyl (C=O) groups is 1. The van der Waals surface area contributed by atoms with Crippen molar-refractivity contribution in [3.8, 4) is 5.75 Å². The van der Waals surface area contributed by atoms with Gasteiger partial charge in [0.25, 0.3) is 0 Å². The van der Waals surface area contributed by atoms with Crippen LogP contribution in [0, 0.1) is 5.82 Å². The van der Waals surface area contributed by atoms with Crippen molar-refractivity contribution in [2.24, 2.45) is 0 Å². The number of carbonyl (C=O) groups excluding carboxylic acids is 1. The molecule has 2 aromatic rings. The zero-order chi connectivity index (χ0) is 15.4. The molecule has 0 unspecified atom stereocenters. The number of rotatable bonds is 4. The molecule has 0 spiro atoms. The van der Waals surface area contributed by atoms with Crippen molar-refractivity contribution in [2.45, 2.75) is 6.61 Å². The minimum absolute atomic E-state index is 0.00288. The molecular weight excluding hydrogens is 363 g/mol. The van der Waals surface area contributed by atoms with Crippen molar-refractivity contribution in [1.29, 1.82) is 0 Å². The summed E-state index contributed by atoms with van der Waals surface area (Å²) >= 11 is 9.22. The van der Waals surface area contributed by atoms with Crippen LogP contribution in [0.3, 0.4) is 0 Å². The Morgan fingerprint density at radius 2 is 2.10 bits per heavy atom. The molecule has 21 heavy (non-hydrogen) atoms. The second kappa shape index (κ2) is 6.91. The second-order valence-corrected chi connectivity index (χ2v) is 5.40. The van der Waals surface area contributed by atoms with Gasteiger partial charge in [0.2, 0.25) is 0 Å². The number of ether oxygens (including phenoxy) is 2. The largest absolute Gasteiger partial charge is 0.484 e. The topological polar surface area (TPSA) is 35.5 Å². The normalized spacial score (nSPS) is 10.3. The Labute approximate surface area is 134 Å². The number of hydrogen-bond acceptors (Lipinski definition) is 3. The monoisotopic (exact) mass is 372 g/mol. The molecule has 6 heteroatoms. The highest BCUT2D eigenvalue weighted by Crippen LogP contribution is 2.29. The summed E-state index contributed by atoms with van der Waals surface area (Å²) in [5.41, 5.74) is 1.17. The van der Waals surface area contributed by atoms with Gasteiger partial charge < -0.3 is 9.47 Å². The molecule has 0 saturated heterocycles. The Kier molecular flexibility index (Phi) is 5.20. The van der Waals surface area contributed by atoms with Gasteiger partial charge in [-0.05, 0) is 24.3 Å². The van der Waals surface area contributed by atoms with Crippen LogP contribution in [0.5, 0.6) is 5.75 Å². The van der Waals surface area contributed by atoms with Gasteiger partial charge in [-0.3, -0.25) is 0 Å². The van der Waals surface area contributed by atoms with Crippen molar-refractivity contribution < 1.29 is 18.7 Å². The third kappa shape index (κ3) is 3.74. The summed E-state index contributed by atoms with van der Waals surface area (Å²) in [6.07, 6.45) is 0. The predicted molar refractivity (Wildman–Crippen MR) is 81.2 cm³/mol. The van der Waals surface area contributed by atoms with Gasteiger partial charge in [-0.2, -0.15) is 0 Å². The highest BCUT2D eigenvalue weighted by Gasteiger charge is 2.11. The molecule has 0 radical (unpaired) electrons. The maximum atomic E-state index is 13.6. The van der Waals surface area contributed by atoms with Crippen molar-refractivity contribution >= 4 is 33.5 Å². The minimum Gasteiger partial charge on any atom is -0.484 e. The van der Waals surface area contributed by atoms with Crippen LogP contribution in [0.25, 0.3) is 0 Å². The molecule has 3 nitrogen and oxygen atoms in total. The number of para-hydroxylation sites is 1. The van der Waals surface area contributed by atoms with E-state index in [0.717, 1.165) is 5.56 Å². The average Bonchev–Trinajstić information content (AvgIpc) is 2.47. The van der Waals surface area contributed by atoms with Crippen LogP contribution in [-0.2, 0) is 11.3 Å². The van der Waals surface area contributed by atoms with Crippen molar-refractivity contribution in [3.05, 3.63) is 62.8 Å². The summed E-state index contributed by atoms with van der Waals surface area (Å²) in [4.78, 5) is 11.4. The lowest BCUT2D eigenvalue weighted by molar-refractivity contribution is 0.0600. The molecule has 2 rings (SSSR count). The molecule has 0 atom stereocenters. The first-order chi connectivity index (χ1) is 10.0. The van der Waals surface area contributed by atoms with Crippen molar-refractivity contribution in [1.82, 2.24) is 0 Å². The van der Waals surface area contributed by atoms with E-state index in [9.17, 15) is 9.18 Å². The van der Waals surface area contributed by atoms with Gasteiger partial charge in [0.1, 0.15) is 6.61 Å². The van der Waals surface area contributed by atoms with Crippen LogP contribution < -0.4 is 4.74 Å². The SMILES string of the molecule is COC(=O)c1ccc(COc2c(F)cccc2Cl)c(Br)c1. The van der Waals surface area contributed by atoms with E-state index in [2.05, 4.69) is 20.7 Å². The summed E-state index contributed by atoms with van der Waals surface area (Å²) in [5.74, 6) is -0.951. The fourth-order valence-electron chi connectivity index (χ4n) is 1.68. The first-order valence-corrected chi connectivity index (χ1v) is 7.13. The molecule has 110 valence electrons. The van der Waals surface area contributed by atoms with Crippen LogP contribution in [0.1, 0.15) is 15.9 Å². The summed E-state index contributed by atoms with van der Waals surface area (Å²) in [6, 6.07) is 9.26. The van der Waals surface area contributed by atoms with Crippen LogP contribution in [0.4, 0.5) is 4.39 Å².